The molecular weight excluding hydrogens is 465 g/mol. The fourth-order valence-corrected chi connectivity index (χ4v) is 4.82. The van der Waals surface area contributed by atoms with E-state index in [0.717, 1.165) is 22.4 Å². The third-order valence-corrected chi connectivity index (χ3v) is 6.47. The molecule has 1 aliphatic carbocycles. The summed E-state index contributed by atoms with van der Waals surface area (Å²) < 4.78 is 14.5. The first-order chi connectivity index (χ1) is 18.1. The molecule has 0 amide bonds. The van der Waals surface area contributed by atoms with Gasteiger partial charge in [0.1, 0.15) is 18.0 Å². The zero-order chi connectivity index (χ0) is 25.4. The molecule has 180 valence electrons. The lowest BCUT2D eigenvalue weighted by Crippen LogP contribution is -2.18. The highest BCUT2D eigenvalue weighted by Crippen LogP contribution is 2.41. The Balaban J connectivity index is 1.60. The molecule has 0 saturated carbocycles. The third kappa shape index (κ3) is 4.14. The highest BCUT2D eigenvalue weighted by Gasteiger charge is 2.25. The first-order valence-corrected chi connectivity index (χ1v) is 12.0. The van der Waals surface area contributed by atoms with Crippen molar-refractivity contribution in [3.63, 3.8) is 0 Å². The highest BCUT2D eigenvalue weighted by atomic mass is 19.1. The van der Waals surface area contributed by atoms with Crippen molar-refractivity contribution in [2.24, 2.45) is 0 Å². The zero-order valence-electron chi connectivity index (χ0n) is 20.0. The van der Waals surface area contributed by atoms with Gasteiger partial charge in [-0.3, -0.25) is 9.78 Å². The molecule has 5 aromatic rings. The number of rotatable bonds is 5. The quantitative estimate of drug-likeness (QED) is 0.311. The van der Waals surface area contributed by atoms with Crippen LogP contribution in [0.2, 0.25) is 0 Å². The van der Waals surface area contributed by atoms with Crippen LogP contribution in [0.3, 0.4) is 0 Å². The molecule has 0 aliphatic heterocycles. The topological polar surface area (TPSA) is 80.7 Å². The van der Waals surface area contributed by atoms with E-state index in [1.807, 2.05) is 61.5 Å². The summed E-state index contributed by atoms with van der Waals surface area (Å²) in [7, 11) is 0. The van der Waals surface area contributed by atoms with Gasteiger partial charge in [-0.25, -0.2) is 19.3 Å². The Morgan fingerprint density at radius 3 is 2.57 bits per heavy atom. The first kappa shape index (κ1) is 22.7. The van der Waals surface area contributed by atoms with Crippen LogP contribution >= 0.6 is 0 Å². The van der Waals surface area contributed by atoms with E-state index in [0.29, 0.717) is 40.1 Å². The number of allylic oxidation sites excluding steroid dienone is 2. The second-order valence-electron chi connectivity index (χ2n) is 8.87. The molecule has 1 N–H and O–H groups in total. The van der Waals surface area contributed by atoms with Crippen molar-refractivity contribution in [3.05, 3.63) is 114 Å². The summed E-state index contributed by atoms with van der Waals surface area (Å²) in [6, 6.07) is 19.8. The van der Waals surface area contributed by atoms with E-state index in [2.05, 4.69) is 20.3 Å². The van der Waals surface area contributed by atoms with E-state index >= 15 is 0 Å². The number of hydrogen-bond donors (Lipinski definition) is 1. The molecule has 0 saturated heterocycles. The molecule has 0 spiro atoms. The maximum Gasteiger partial charge on any atom is 0.191 e. The van der Waals surface area contributed by atoms with Gasteiger partial charge in [0, 0.05) is 29.1 Å². The average Bonchev–Trinajstić information content (AvgIpc) is 2.93. The fraction of sp³-hybridized carbons (Fsp3) is 0.100. The van der Waals surface area contributed by atoms with Crippen molar-refractivity contribution in [3.8, 4) is 22.4 Å². The van der Waals surface area contributed by atoms with Crippen LogP contribution in [0.15, 0.2) is 91.4 Å². The summed E-state index contributed by atoms with van der Waals surface area (Å²) >= 11 is 0. The van der Waals surface area contributed by atoms with Gasteiger partial charge >= 0.3 is 0 Å². The molecule has 6 nitrogen and oxygen atoms in total. The number of fused-ring (bicyclic) bond motifs is 2. The van der Waals surface area contributed by atoms with Crippen molar-refractivity contribution >= 4 is 22.5 Å². The van der Waals surface area contributed by atoms with Gasteiger partial charge in [-0.05, 0) is 48.9 Å². The molecule has 0 bridgehead atoms. The summed E-state index contributed by atoms with van der Waals surface area (Å²) in [4.78, 5) is 31.0. The van der Waals surface area contributed by atoms with E-state index in [1.165, 1.54) is 18.5 Å². The predicted octanol–water partition coefficient (Wildman–Crippen LogP) is 6.36. The first-order valence-electron chi connectivity index (χ1n) is 12.0. The van der Waals surface area contributed by atoms with Crippen molar-refractivity contribution < 1.29 is 9.18 Å². The normalized spacial score (nSPS) is 13.4. The number of carbonyl (C=O) groups excluding carboxylic acids is 1. The van der Waals surface area contributed by atoms with Crippen LogP contribution in [0.1, 0.15) is 34.7 Å². The molecule has 3 heterocycles. The van der Waals surface area contributed by atoms with E-state index in [1.54, 1.807) is 18.3 Å². The Labute approximate surface area is 213 Å². The van der Waals surface area contributed by atoms with E-state index in [-0.39, 0.29) is 17.6 Å². The standard InChI is InChI=1S/C30H22FN5O/c1-18(35-30-28-24(33-17-34-30)11-7-12-25(28)37)29-26(19-8-3-2-4-9-19)27(23-10-5-6-15-32-23)21-16-20(31)13-14-22(21)36-29/h2-10,12-18H,11H2,1H3,(H,33,34,35)/t18-/m0/s1. The monoisotopic (exact) mass is 487 g/mol. The third-order valence-electron chi connectivity index (χ3n) is 6.47. The molecule has 0 radical (unpaired) electrons. The number of benzene rings is 2. The molecule has 0 fully saturated rings. The number of nitrogens with zero attached hydrogens (tertiary/aromatic N) is 4. The zero-order valence-corrected chi connectivity index (χ0v) is 20.0. The number of anilines is 1. The van der Waals surface area contributed by atoms with E-state index in [4.69, 9.17) is 4.98 Å². The largest absolute Gasteiger partial charge is 0.361 e. The van der Waals surface area contributed by atoms with Gasteiger partial charge in [0.15, 0.2) is 5.78 Å². The average molecular weight is 488 g/mol. The van der Waals surface area contributed by atoms with E-state index < -0.39 is 0 Å². The van der Waals surface area contributed by atoms with Crippen LogP contribution < -0.4 is 5.32 Å². The van der Waals surface area contributed by atoms with Gasteiger partial charge in [0.25, 0.3) is 0 Å². The lowest BCUT2D eigenvalue weighted by atomic mass is 9.90. The van der Waals surface area contributed by atoms with Crippen LogP contribution in [-0.2, 0) is 6.42 Å². The lowest BCUT2D eigenvalue weighted by Gasteiger charge is -2.23. The molecule has 3 aromatic heterocycles. The van der Waals surface area contributed by atoms with Gasteiger partial charge in [0.2, 0.25) is 0 Å². The molecule has 37 heavy (non-hydrogen) atoms. The Morgan fingerprint density at radius 1 is 0.919 bits per heavy atom. The SMILES string of the molecule is C[C@H](Nc1ncnc2c1C(=O)C=CC2)c1nc2ccc(F)cc2c(-c2ccccn2)c1-c1ccccc1. The van der Waals surface area contributed by atoms with Crippen LogP contribution in [0.25, 0.3) is 33.3 Å². The van der Waals surface area contributed by atoms with Gasteiger partial charge in [0.05, 0.1) is 34.2 Å². The number of pyridine rings is 2. The summed E-state index contributed by atoms with van der Waals surface area (Å²) in [6.45, 7) is 1.98. The number of carbonyl (C=O) groups is 1. The second-order valence-corrected chi connectivity index (χ2v) is 8.87. The number of aromatic nitrogens is 4. The fourth-order valence-electron chi connectivity index (χ4n) is 4.82. The lowest BCUT2D eigenvalue weighted by molar-refractivity contribution is 0.104. The number of hydrogen-bond acceptors (Lipinski definition) is 6. The van der Waals surface area contributed by atoms with Crippen LogP contribution in [0, 0.1) is 5.82 Å². The maximum atomic E-state index is 14.5. The second kappa shape index (κ2) is 9.35. The molecular formula is C30H22FN5O. The van der Waals surface area contributed by atoms with Gasteiger partial charge in [-0.1, -0.05) is 42.5 Å². The number of halogens is 1. The molecule has 0 unspecified atom stereocenters. The molecule has 1 aliphatic rings. The van der Waals surface area contributed by atoms with Crippen LogP contribution in [0.4, 0.5) is 10.2 Å². The summed E-state index contributed by atoms with van der Waals surface area (Å²) in [5, 5.41) is 4.09. The smallest absolute Gasteiger partial charge is 0.191 e. The van der Waals surface area contributed by atoms with Crippen molar-refractivity contribution in [2.75, 3.05) is 5.32 Å². The molecule has 1 atom stereocenters. The van der Waals surface area contributed by atoms with E-state index in [9.17, 15) is 9.18 Å². The Morgan fingerprint density at radius 2 is 1.76 bits per heavy atom. The molecule has 7 heteroatoms. The van der Waals surface area contributed by atoms with Crippen molar-refractivity contribution in [1.82, 2.24) is 19.9 Å². The van der Waals surface area contributed by atoms with Gasteiger partial charge in [-0.15, -0.1) is 0 Å². The van der Waals surface area contributed by atoms with Gasteiger partial charge in [-0.2, -0.15) is 0 Å². The predicted molar refractivity (Wildman–Crippen MR) is 142 cm³/mol. The minimum absolute atomic E-state index is 0.129. The Hall–Kier alpha value is -4.78. The summed E-state index contributed by atoms with van der Waals surface area (Å²) in [5.41, 5.74) is 5.82. The summed E-state index contributed by atoms with van der Waals surface area (Å²) in [6.07, 6.45) is 7.13. The summed E-state index contributed by atoms with van der Waals surface area (Å²) in [5.74, 6) is -0.00852. The number of ketones is 1. The Kier molecular flexibility index (Phi) is 5.73. The highest BCUT2D eigenvalue weighted by molar-refractivity contribution is 6.09. The minimum atomic E-state index is -0.357. The molecule has 6 rings (SSSR count). The minimum Gasteiger partial charge on any atom is -0.361 e. The van der Waals surface area contributed by atoms with Crippen molar-refractivity contribution in [1.29, 1.82) is 0 Å². The van der Waals surface area contributed by atoms with Gasteiger partial charge < -0.3 is 5.32 Å². The Bertz CT molecular complexity index is 1670. The number of nitrogens with one attached hydrogen (secondary N) is 1. The van der Waals surface area contributed by atoms with Crippen molar-refractivity contribution in [2.45, 2.75) is 19.4 Å². The molecule has 2 aromatic carbocycles. The maximum absolute atomic E-state index is 14.5. The van der Waals surface area contributed by atoms with Crippen LogP contribution in [0.5, 0.6) is 0 Å². The van der Waals surface area contributed by atoms with Crippen LogP contribution in [-0.4, -0.2) is 25.7 Å².